The summed E-state index contributed by atoms with van der Waals surface area (Å²) >= 11 is 0. The van der Waals surface area contributed by atoms with Crippen LogP contribution in [0.15, 0.2) is 30.5 Å². The molecule has 21 heavy (non-hydrogen) atoms. The van der Waals surface area contributed by atoms with Crippen LogP contribution in [0.2, 0.25) is 0 Å². The van der Waals surface area contributed by atoms with Crippen LogP contribution in [-0.4, -0.2) is 35.2 Å². The summed E-state index contributed by atoms with van der Waals surface area (Å²) in [4.78, 5) is 12.2. The van der Waals surface area contributed by atoms with Gasteiger partial charge in [-0.05, 0) is 31.5 Å². The Morgan fingerprint density at radius 1 is 1.43 bits per heavy atom. The quantitative estimate of drug-likeness (QED) is 0.802. The molecule has 6 heteroatoms. The van der Waals surface area contributed by atoms with Crippen LogP contribution < -0.4 is 10.6 Å². The molecule has 1 aliphatic heterocycles. The van der Waals surface area contributed by atoms with E-state index in [0.29, 0.717) is 29.4 Å². The largest absolute Gasteiger partial charge is 0.350 e. The highest BCUT2D eigenvalue weighted by molar-refractivity contribution is 5.99. The number of benzene rings is 1. The monoisotopic (exact) mass is 288 g/mol. The highest BCUT2D eigenvalue weighted by Gasteiger charge is 2.19. The number of carbonyl (C=O) groups is 1. The number of aromatic amines is 1. The zero-order chi connectivity index (χ0) is 14.7. The molecule has 1 aromatic carbocycles. The van der Waals surface area contributed by atoms with E-state index in [1.165, 1.54) is 12.3 Å². The topological polar surface area (TPSA) is 69.8 Å². The van der Waals surface area contributed by atoms with Crippen LogP contribution >= 0.6 is 0 Å². The van der Waals surface area contributed by atoms with Crippen LogP contribution in [0.3, 0.4) is 0 Å². The average molecular weight is 288 g/mol. The Hall–Kier alpha value is -2.21. The van der Waals surface area contributed by atoms with Crippen LogP contribution in [0.1, 0.15) is 23.2 Å². The molecule has 1 atom stereocenters. The fraction of sp³-hybridized carbons (Fsp3) is 0.333. The summed E-state index contributed by atoms with van der Waals surface area (Å²) in [7, 11) is 0. The van der Waals surface area contributed by atoms with E-state index in [1.807, 2.05) is 0 Å². The third-order valence-electron chi connectivity index (χ3n) is 3.70. The number of rotatable bonds is 4. The van der Waals surface area contributed by atoms with Gasteiger partial charge >= 0.3 is 0 Å². The fourth-order valence-electron chi connectivity index (χ4n) is 2.57. The minimum atomic E-state index is -0.381. The lowest BCUT2D eigenvalue weighted by Crippen LogP contribution is -2.37. The third kappa shape index (κ3) is 2.95. The van der Waals surface area contributed by atoms with Crippen molar-refractivity contribution in [1.82, 2.24) is 20.8 Å². The van der Waals surface area contributed by atoms with Crippen molar-refractivity contribution < 1.29 is 9.18 Å². The lowest BCUT2D eigenvalue weighted by molar-refractivity contribution is 0.0951. The van der Waals surface area contributed by atoms with Crippen molar-refractivity contribution in [3.05, 3.63) is 41.8 Å². The van der Waals surface area contributed by atoms with Gasteiger partial charge in [0, 0.05) is 18.2 Å². The Balaban J connectivity index is 1.75. The Morgan fingerprint density at radius 2 is 2.29 bits per heavy atom. The zero-order valence-electron chi connectivity index (χ0n) is 11.5. The van der Waals surface area contributed by atoms with Crippen molar-refractivity contribution in [3.8, 4) is 11.3 Å². The predicted octanol–water partition coefficient (Wildman–Crippen LogP) is 1.70. The van der Waals surface area contributed by atoms with Gasteiger partial charge in [0.25, 0.3) is 5.91 Å². The van der Waals surface area contributed by atoms with Crippen molar-refractivity contribution in [2.45, 2.75) is 18.9 Å². The number of nitrogens with zero attached hydrogens (tertiary/aromatic N) is 1. The number of carbonyl (C=O) groups excluding carboxylic acids is 1. The van der Waals surface area contributed by atoms with Crippen molar-refractivity contribution in [2.24, 2.45) is 0 Å². The summed E-state index contributed by atoms with van der Waals surface area (Å²) in [6.07, 6.45) is 3.62. The molecule has 3 rings (SSSR count). The van der Waals surface area contributed by atoms with Crippen LogP contribution in [-0.2, 0) is 0 Å². The molecule has 1 saturated heterocycles. The molecule has 0 spiro atoms. The van der Waals surface area contributed by atoms with Crippen LogP contribution in [0.25, 0.3) is 11.3 Å². The predicted molar refractivity (Wildman–Crippen MR) is 77.3 cm³/mol. The van der Waals surface area contributed by atoms with Gasteiger partial charge < -0.3 is 10.6 Å². The lowest BCUT2D eigenvalue weighted by atomic mass is 10.1. The van der Waals surface area contributed by atoms with Gasteiger partial charge in [-0.25, -0.2) is 4.39 Å². The first kappa shape index (κ1) is 13.8. The van der Waals surface area contributed by atoms with Gasteiger partial charge in [-0.1, -0.05) is 12.1 Å². The SMILES string of the molecule is O=C(NCC1CCCN1)c1cn[nH]c1-c1ccccc1F. The summed E-state index contributed by atoms with van der Waals surface area (Å²) in [5.74, 6) is -0.621. The summed E-state index contributed by atoms with van der Waals surface area (Å²) in [5.41, 5.74) is 1.11. The number of hydrogen-bond donors (Lipinski definition) is 3. The number of halogens is 1. The van der Waals surface area contributed by atoms with Crippen molar-refractivity contribution in [3.63, 3.8) is 0 Å². The highest BCUT2D eigenvalue weighted by Crippen LogP contribution is 2.23. The molecule has 0 saturated carbocycles. The van der Waals surface area contributed by atoms with E-state index in [2.05, 4.69) is 20.8 Å². The summed E-state index contributed by atoms with van der Waals surface area (Å²) in [6.45, 7) is 1.56. The second-order valence-electron chi connectivity index (χ2n) is 5.14. The molecule has 0 aliphatic carbocycles. The van der Waals surface area contributed by atoms with Crippen molar-refractivity contribution >= 4 is 5.91 Å². The van der Waals surface area contributed by atoms with Gasteiger partial charge in [0.15, 0.2) is 0 Å². The van der Waals surface area contributed by atoms with Gasteiger partial charge in [0.2, 0.25) is 0 Å². The molecular formula is C15H17FN4O. The molecule has 1 amide bonds. The second-order valence-corrected chi connectivity index (χ2v) is 5.14. The number of hydrogen-bond acceptors (Lipinski definition) is 3. The molecule has 1 fully saturated rings. The van der Waals surface area contributed by atoms with Gasteiger partial charge in [0.05, 0.1) is 17.5 Å². The van der Waals surface area contributed by atoms with Crippen molar-refractivity contribution in [2.75, 3.05) is 13.1 Å². The molecule has 5 nitrogen and oxygen atoms in total. The number of H-pyrrole nitrogens is 1. The maximum atomic E-state index is 13.8. The third-order valence-corrected chi connectivity index (χ3v) is 3.70. The first-order valence-electron chi connectivity index (χ1n) is 7.05. The molecule has 1 aliphatic rings. The fourth-order valence-corrected chi connectivity index (χ4v) is 2.57. The zero-order valence-corrected chi connectivity index (χ0v) is 11.5. The number of nitrogens with one attached hydrogen (secondary N) is 3. The number of aromatic nitrogens is 2. The van der Waals surface area contributed by atoms with Crippen LogP contribution in [0, 0.1) is 5.82 Å². The maximum absolute atomic E-state index is 13.8. The van der Waals surface area contributed by atoms with E-state index in [1.54, 1.807) is 18.2 Å². The Bertz CT molecular complexity index is 634. The molecule has 0 radical (unpaired) electrons. The maximum Gasteiger partial charge on any atom is 0.255 e. The van der Waals surface area contributed by atoms with E-state index < -0.39 is 0 Å². The molecule has 110 valence electrons. The van der Waals surface area contributed by atoms with E-state index in [-0.39, 0.29) is 11.7 Å². The molecule has 0 bridgehead atoms. The second kappa shape index (κ2) is 6.05. The molecule has 1 unspecified atom stereocenters. The molecular weight excluding hydrogens is 271 g/mol. The van der Waals surface area contributed by atoms with Crippen molar-refractivity contribution in [1.29, 1.82) is 0 Å². The standard InChI is InChI=1S/C15H17FN4O/c16-13-6-2-1-5-11(13)14-12(9-19-20-14)15(21)18-8-10-4-3-7-17-10/h1-2,5-6,9-10,17H,3-4,7-8H2,(H,18,21)(H,19,20). The van der Waals surface area contributed by atoms with E-state index in [4.69, 9.17) is 0 Å². The molecule has 1 aromatic heterocycles. The van der Waals surface area contributed by atoms with Crippen LogP contribution in [0.4, 0.5) is 4.39 Å². The molecule has 2 heterocycles. The first-order valence-corrected chi connectivity index (χ1v) is 7.05. The van der Waals surface area contributed by atoms with Gasteiger partial charge in [-0.3, -0.25) is 9.89 Å². The average Bonchev–Trinajstić information content (AvgIpc) is 3.16. The summed E-state index contributed by atoms with van der Waals surface area (Å²) in [6, 6.07) is 6.64. The Morgan fingerprint density at radius 3 is 3.05 bits per heavy atom. The number of amides is 1. The highest BCUT2D eigenvalue weighted by atomic mass is 19.1. The van der Waals surface area contributed by atoms with Crippen LogP contribution in [0.5, 0.6) is 0 Å². The normalized spacial score (nSPS) is 17.9. The van der Waals surface area contributed by atoms with Gasteiger partial charge in [-0.15, -0.1) is 0 Å². The molecule has 2 aromatic rings. The van der Waals surface area contributed by atoms with E-state index >= 15 is 0 Å². The smallest absolute Gasteiger partial charge is 0.255 e. The minimum Gasteiger partial charge on any atom is -0.350 e. The summed E-state index contributed by atoms with van der Waals surface area (Å²) in [5, 5.41) is 12.8. The van der Waals surface area contributed by atoms with Gasteiger partial charge in [-0.2, -0.15) is 5.10 Å². The van der Waals surface area contributed by atoms with E-state index in [9.17, 15) is 9.18 Å². The Kier molecular flexibility index (Phi) is 3.96. The minimum absolute atomic E-state index is 0.240. The van der Waals surface area contributed by atoms with Gasteiger partial charge in [0.1, 0.15) is 5.82 Å². The summed E-state index contributed by atoms with van der Waals surface area (Å²) < 4.78 is 13.8. The molecule has 3 N–H and O–H groups in total. The lowest BCUT2D eigenvalue weighted by Gasteiger charge is -2.11. The van der Waals surface area contributed by atoms with E-state index in [0.717, 1.165) is 19.4 Å². The Labute approximate surface area is 121 Å². The first-order chi connectivity index (χ1) is 10.3.